The van der Waals surface area contributed by atoms with Crippen LogP contribution in [0.5, 0.6) is 0 Å². The third-order valence-corrected chi connectivity index (χ3v) is 2.83. The van der Waals surface area contributed by atoms with Crippen molar-refractivity contribution >= 4 is 22.0 Å². The Morgan fingerprint density at radius 2 is 1.45 bits per heavy atom. The van der Waals surface area contributed by atoms with Gasteiger partial charge in [0.1, 0.15) is 0 Å². The Balaban J connectivity index is 2.37. The molecule has 1 heterocycles. The standard InChI is InChI=1S/C8H6O2S/c9-7-5-3-1-2-4-6(5)8(10)11-7/h1-6H/t5-,6+. The molecule has 11 heavy (non-hydrogen) atoms. The van der Waals surface area contributed by atoms with Gasteiger partial charge in [-0.2, -0.15) is 0 Å². The van der Waals surface area contributed by atoms with Gasteiger partial charge < -0.3 is 0 Å². The summed E-state index contributed by atoms with van der Waals surface area (Å²) in [6.07, 6.45) is 7.23. The quantitative estimate of drug-likeness (QED) is 0.541. The average Bonchev–Trinajstić information content (AvgIpc) is 2.30. The fourth-order valence-electron chi connectivity index (χ4n) is 1.29. The van der Waals surface area contributed by atoms with Crippen molar-refractivity contribution in [2.45, 2.75) is 0 Å². The van der Waals surface area contributed by atoms with E-state index < -0.39 is 0 Å². The molecular weight excluding hydrogens is 160 g/mol. The van der Waals surface area contributed by atoms with Gasteiger partial charge in [0, 0.05) is 0 Å². The topological polar surface area (TPSA) is 34.1 Å². The Labute approximate surface area is 68.3 Å². The van der Waals surface area contributed by atoms with Crippen LogP contribution in [-0.2, 0) is 9.59 Å². The van der Waals surface area contributed by atoms with Crippen LogP contribution in [0.2, 0.25) is 0 Å². The van der Waals surface area contributed by atoms with E-state index in [4.69, 9.17) is 0 Å². The monoisotopic (exact) mass is 166 g/mol. The molecule has 0 spiro atoms. The molecule has 0 aromatic heterocycles. The van der Waals surface area contributed by atoms with Crippen molar-refractivity contribution in [3.05, 3.63) is 24.3 Å². The lowest BCUT2D eigenvalue weighted by molar-refractivity contribution is -0.116. The second-order valence-corrected chi connectivity index (χ2v) is 3.57. The van der Waals surface area contributed by atoms with Gasteiger partial charge in [-0.3, -0.25) is 9.59 Å². The Hall–Kier alpha value is -0.830. The van der Waals surface area contributed by atoms with Gasteiger partial charge in [-0.15, -0.1) is 0 Å². The maximum atomic E-state index is 11.1. The molecule has 1 aliphatic carbocycles. The van der Waals surface area contributed by atoms with E-state index in [0.29, 0.717) is 0 Å². The Morgan fingerprint density at radius 1 is 1.00 bits per heavy atom. The SMILES string of the molecule is O=C1SC(=O)[C@@H]2C=CC=C[C@H]12. The Morgan fingerprint density at radius 3 is 1.91 bits per heavy atom. The number of carbonyl (C=O) groups is 2. The number of hydrogen-bond donors (Lipinski definition) is 0. The van der Waals surface area contributed by atoms with Gasteiger partial charge in [-0.25, -0.2) is 0 Å². The number of carbonyl (C=O) groups excluding carboxylic acids is 2. The highest BCUT2D eigenvalue weighted by molar-refractivity contribution is 8.26. The first kappa shape index (κ1) is 6.85. The van der Waals surface area contributed by atoms with E-state index in [1.165, 1.54) is 0 Å². The summed E-state index contributed by atoms with van der Waals surface area (Å²) in [4.78, 5) is 22.2. The zero-order valence-corrected chi connectivity index (χ0v) is 6.51. The molecule has 0 radical (unpaired) electrons. The van der Waals surface area contributed by atoms with Crippen LogP contribution in [0.1, 0.15) is 0 Å². The fourth-order valence-corrected chi connectivity index (χ4v) is 2.21. The molecule has 0 aromatic carbocycles. The summed E-state index contributed by atoms with van der Waals surface area (Å²) in [5, 5.41) is -0.0267. The maximum absolute atomic E-state index is 11.1. The molecule has 0 N–H and O–H groups in total. The summed E-state index contributed by atoms with van der Waals surface area (Å²) in [5.41, 5.74) is 0. The summed E-state index contributed by atoms with van der Waals surface area (Å²) in [5.74, 6) is -0.366. The summed E-state index contributed by atoms with van der Waals surface area (Å²) in [6, 6.07) is 0. The normalized spacial score (nSPS) is 34.5. The van der Waals surface area contributed by atoms with Crippen molar-refractivity contribution in [1.29, 1.82) is 0 Å². The van der Waals surface area contributed by atoms with Gasteiger partial charge in [-0.05, 0) is 11.8 Å². The van der Waals surface area contributed by atoms with Crippen molar-refractivity contribution in [3.8, 4) is 0 Å². The third-order valence-electron chi connectivity index (χ3n) is 1.88. The van der Waals surface area contributed by atoms with E-state index in [2.05, 4.69) is 0 Å². The van der Waals surface area contributed by atoms with E-state index in [1.807, 2.05) is 12.2 Å². The summed E-state index contributed by atoms with van der Waals surface area (Å²) in [6.45, 7) is 0. The molecule has 2 nitrogen and oxygen atoms in total. The zero-order valence-electron chi connectivity index (χ0n) is 5.69. The number of fused-ring (bicyclic) bond motifs is 1. The van der Waals surface area contributed by atoms with Crippen LogP contribution in [0, 0.1) is 11.8 Å². The smallest absolute Gasteiger partial charge is 0.204 e. The molecule has 1 aliphatic heterocycles. The third kappa shape index (κ3) is 0.959. The lowest BCUT2D eigenvalue weighted by Crippen LogP contribution is -2.14. The van der Waals surface area contributed by atoms with Gasteiger partial charge in [0.25, 0.3) is 0 Å². The highest BCUT2D eigenvalue weighted by atomic mass is 32.2. The maximum Gasteiger partial charge on any atom is 0.204 e. The molecule has 0 unspecified atom stereocenters. The van der Waals surface area contributed by atoms with Gasteiger partial charge >= 0.3 is 0 Å². The van der Waals surface area contributed by atoms with E-state index >= 15 is 0 Å². The summed E-state index contributed by atoms with van der Waals surface area (Å²) >= 11 is 0.845. The molecule has 0 amide bonds. The zero-order chi connectivity index (χ0) is 7.84. The van der Waals surface area contributed by atoms with Crippen LogP contribution in [0.25, 0.3) is 0 Å². The van der Waals surface area contributed by atoms with Crippen LogP contribution in [-0.4, -0.2) is 10.2 Å². The summed E-state index contributed by atoms with van der Waals surface area (Å²) < 4.78 is 0. The largest absolute Gasteiger partial charge is 0.286 e. The molecule has 1 saturated heterocycles. The minimum atomic E-state index is -0.183. The van der Waals surface area contributed by atoms with Crippen LogP contribution < -0.4 is 0 Å². The predicted octanol–water partition coefficient (Wildman–Crippen LogP) is 1.14. The molecule has 2 aliphatic rings. The van der Waals surface area contributed by atoms with Crippen LogP contribution in [0.3, 0.4) is 0 Å². The van der Waals surface area contributed by atoms with Gasteiger partial charge in [0.05, 0.1) is 11.8 Å². The first-order valence-corrected chi connectivity index (χ1v) is 4.21. The lowest BCUT2D eigenvalue weighted by atomic mass is 9.91. The van der Waals surface area contributed by atoms with Crippen LogP contribution in [0.4, 0.5) is 0 Å². The Kier molecular flexibility index (Phi) is 1.46. The van der Waals surface area contributed by atoms with E-state index in [-0.39, 0.29) is 22.1 Å². The number of thioether (sulfide) groups is 1. The first-order chi connectivity index (χ1) is 5.29. The molecule has 56 valence electrons. The van der Waals surface area contributed by atoms with Crippen molar-refractivity contribution in [3.63, 3.8) is 0 Å². The average molecular weight is 166 g/mol. The molecule has 0 bridgehead atoms. The molecule has 0 saturated carbocycles. The molecule has 2 atom stereocenters. The van der Waals surface area contributed by atoms with Gasteiger partial charge in [0.2, 0.25) is 10.2 Å². The number of hydrogen-bond acceptors (Lipinski definition) is 3. The molecule has 0 aromatic rings. The van der Waals surface area contributed by atoms with Gasteiger partial charge in [0.15, 0.2) is 0 Å². The van der Waals surface area contributed by atoms with Crippen molar-refractivity contribution < 1.29 is 9.59 Å². The fraction of sp³-hybridized carbons (Fsp3) is 0.250. The number of allylic oxidation sites excluding steroid dienone is 4. The Bertz CT molecular complexity index is 250. The highest BCUT2D eigenvalue weighted by Crippen LogP contribution is 2.36. The molecule has 2 rings (SSSR count). The van der Waals surface area contributed by atoms with Crippen molar-refractivity contribution in [1.82, 2.24) is 0 Å². The predicted molar refractivity (Wildman–Crippen MR) is 42.9 cm³/mol. The highest BCUT2D eigenvalue weighted by Gasteiger charge is 2.40. The second kappa shape index (κ2) is 2.34. The van der Waals surface area contributed by atoms with E-state index in [9.17, 15) is 9.59 Å². The van der Waals surface area contributed by atoms with Crippen molar-refractivity contribution in [2.75, 3.05) is 0 Å². The van der Waals surface area contributed by atoms with Crippen LogP contribution >= 0.6 is 11.8 Å². The van der Waals surface area contributed by atoms with E-state index in [1.54, 1.807) is 12.2 Å². The minimum Gasteiger partial charge on any atom is -0.286 e. The summed E-state index contributed by atoms with van der Waals surface area (Å²) in [7, 11) is 0. The minimum absolute atomic E-state index is 0.0133. The molecular formula is C8H6O2S. The molecule has 1 fully saturated rings. The first-order valence-electron chi connectivity index (χ1n) is 3.39. The number of rotatable bonds is 0. The van der Waals surface area contributed by atoms with Gasteiger partial charge in [-0.1, -0.05) is 24.3 Å². The van der Waals surface area contributed by atoms with Crippen LogP contribution in [0.15, 0.2) is 24.3 Å². The molecule has 3 heteroatoms. The van der Waals surface area contributed by atoms with E-state index in [0.717, 1.165) is 11.8 Å². The second-order valence-electron chi connectivity index (χ2n) is 2.56. The lowest BCUT2D eigenvalue weighted by Gasteiger charge is -2.09. The van der Waals surface area contributed by atoms with Crippen molar-refractivity contribution in [2.24, 2.45) is 11.8 Å².